The van der Waals surface area contributed by atoms with Crippen LogP contribution in [0.25, 0.3) is 0 Å². The Morgan fingerprint density at radius 1 is 1.26 bits per heavy atom. The van der Waals surface area contributed by atoms with E-state index in [1.54, 1.807) is 0 Å². The van der Waals surface area contributed by atoms with Crippen molar-refractivity contribution in [2.24, 2.45) is 0 Å². The predicted octanol–water partition coefficient (Wildman–Crippen LogP) is 1.35. The molecule has 5 nitrogen and oxygen atoms in total. The first kappa shape index (κ1) is 14.1. The van der Waals surface area contributed by atoms with E-state index in [2.05, 4.69) is 10.6 Å². The quantitative estimate of drug-likeness (QED) is 0.810. The number of nitrogens with one attached hydrogen (secondary N) is 2. The molecule has 0 spiro atoms. The number of sulfone groups is 1. The van der Waals surface area contributed by atoms with Gasteiger partial charge in [-0.3, -0.25) is 0 Å². The number of anilines is 1. The third kappa shape index (κ3) is 3.81. The number of amides is 2. The van der Waals surface area contributed by atoms with Gasteiger partial charge in [0.25, 0.3) is 0 Å². The van der Waals surface area contributed by atoms with Gasteiger partial charge in [-0.25, -0.2) is 17.6 Å². The summed E-state index contributed by atoms with van der Waals surface area (Å²) in [5, 5.41) is 4.33. The second-order valence-corrected chi connectivity index (χ2v) is 7.02. The molecule has 19 heavy (non-hydrogen) atoms. The van der Waals surface area contributed by atoms with E-state index in [9.17, 15) is 17.6 Å². The van der Waals surface area contributed by atoms with Crippen LogP contribution >= 0.6 is 11.6 Å². The average molecular weight is 307 g/mol. The second kappa shape index (κ2) is 5.34. The minimum Gasteiger partial charge on any atom is -0.333 e. The number of alkyl halides is 1. The number of hydrogen-bond acceptors (Lipinski definition) is 3. The van der Waals surface area contributed by atoms with Gasteiger partial charge in [0.1, 0.15) is 5.82 Å². The van der Waals surface area contributed by atoms with Gasteiger partial charge in [-0.1, -0.05) is 0 Å². The minimum absolute atomic E-state index is 0.143. The standard InChI is InChI=1S/C11H12ClFN2O3S/c12-9-5-19(17,18)6-10(9)15-11(16)14-8-3-1-7(13)2-4-8/h1-4,9-10H,5-6H2,(H2,14,15,16)/t9-,10-/m1/s1. The number of benzene rings is 1. The lowest BCUT2D eigenvalue weighted by molar-refractivity contribution is 0.249. The molecule has 2 rings (SSSR count). The van der Waals surface area contributed by atoms with Crippen LogP contribution in [0.5, 0.6) is 0 Å². The molecule has 8 heteroatoms. The minimum atomic E-state index is -3.19. The average Bonchev–Trinajstić information content (AvgIpc) is 2.55. The Morgan fingerprint density at radius 2 is 1.89 bits per heavy atom. The van der Waals surface area contributed by atoms with Gasteiger partial charge in [0.15, 0.2) is 9.84 Å². The highest BCUT2D eigenvalue weighted by Gasteiger charge is 2.37. The van der Waals surface area contributed by atoms with Gasteiger partial charge in [0.05, 0.1) is 22.9 Å². The van der Waals surface area contributed by atoms with Crippen LogP contribution in [0.15, 0.2) is 24.3 Å². The molecule has 2 amide bonds. The third-order valence-electron chi connectivity index (χ3n) is 2.70. The molecule has 1 aliphatic rings. The fourth-order valence-electron chi connectivity index (χ4n) is 1.81. The van der Waals surface area contributed by atoms with Crippen molar-refractivity contribution < 1.29 is 17.6 Å². The topological polar surface area (TPSA) is 75.3 Å². The van der Waals surface area contributed by atoms with E-state index in [0.29, 0.717) is 5.69 Å². The highest BCUT2D eigenvalue weighted by atomic mass is 35.5. The lowest BCUT2D eigenvalue weighted by Gasteiger charge is -2.15. The van der Waals surface area contributed by atoms with Crippen LogP contribution in [0.1, 0.15) is 0 Å². The maximum absolute atomic E-state index is 12.7. The SMILES string of the molecule is O=C(Nc1ccc(F)cc1)N[C@@H]1CS(=O)(=O)C[C@H]1Cl. The number of halogens is 2. The number of rotatable bonds is 2. The summed E-state index contributed by atoms with van der Waals surface area (Å²) in [5.74, 6) is -0.720. The summed E-state index contributed by atoms with van der Waals surface area (Å²) in [6, 6.07) is 4.03. The highest BCUT2D eigenvalue weighted by molar-refractivity contribution is 7.91. The zero-order valence-electron chi connectivity index (χ0n) is 9.77. The van der Waals surface area contributed by atoms with Gasteiger partial charge in [0.2, 0.25) is 0 Å². The van der Waals surface area contributed by atoms with Crippen molar-refractivity contribution >= 4 is 33.2 Å². The molecule has 104 valence electrons. The van der Waals surface area contributed by atoms with Gasteiger partial charge in [-0.15, -0.1) is 11.6 Å². The van der Waals surface area contributed by atoms with Gasteiger partial charge in [0, 0.05) is 5.69 Å². The predicted molar refractivity (Wildman–Crippen MR) is 70.6 cm³/mol. The summed E-state index contributed by atoms with van der Waals surface area (Å²) in [5.41, 5.74) is 0.408. The molecule has 0 aromatic heterocycles. The maximum Gasteiger partial charge on any atom is 0.319 e. The number of hydrogen-bond donors (Lipinski definition) is 2. The molecule has 0 aliphatic carbocycles. The number of carbonyl (C=O) groups excluding carboxylic acids is 1. The Morgan fingerprint density at radius 3 is 2.42 bits per heavy atom. The van der Waals surface area contributed by atoms with Gasteiger partial charge < -0.3 is 10.6 Å². The zero-order chi connectivity index (χ0) is 14.0. The highest BCUT2D eigenvalue weighted by Crippen LogP contribution is 2.18. The van der Waals surface area contributed by atoms with Crippen LogP contribution in [0, 0.1) is 5.82 Å². The van der Waals surface area contributed by atoms with E-state index < -0.39 is 33.1 Å². The monoisotopic (exact) mass is 306 g/mol. The van der Waals surface area contributed by atoms with Gasteiger partial charge in [-0.05, 0) is 24.3 Å². The largest absolute Gasteiger partial charge is 0.333 e. The molecule has 1 aromatic rings. The van der Waals surface area contributed by atoms with Crippen LogP contribution in [0.3, 0.4) is 0 Å². The Balaban J connectivity index is 1.93. The summed E-state index contributed by atoms with van der Waals surface area (Å²) < 4.78 is 35.3. The normalized spacial score (nSPS) is 24.9. The summed E-state index contributed by atoms with van der Waals surface area (Å²) in [6.07, 6.45) is 0. The van der Waals surface area contributed by atoms with E-state index in [0.717, 1.165) is 0 Å². The van der Waals surface area contributed by atoms with Crippen molar-refractivity contribution in [3.8, 4) is 0 Å². The molecule has 0 radical (unpaired) electrons. The lowest BCUT2D eigenvalue weighted by atomic mass is 10.2. The van der Waals surface area contributed by atoms with Crippen LogP contribution in [-0.4, -0.2) is 37.4 Å². The molecule has 2 N–H and O–H groups in total. The van der Waals surface area contributed by atoms with E-state index in [1.807, 2.05) is 0 Å². The Hall–Kier alpha value is -1.34. The van der Waals surface area contributed by atoms with E-state index in [-0.39, 0.29) is 11.5 Å². The molecule has 0 unspecified atom stereocenters. The maximum atomic E-state index is 12.7. The molecule has 0 saturated carbocycles. The first-order chi connectivity index (χ1) is 8.85. The summed E-state index contributed by atoms with van der Waals surface area (Å²) in [4.78, 5) is 11.6. The lowest BCUT2D eigenvalue weighted by Crippen LogP contribution is -2.42. The summed E-state index contributed by atoms with van der Waals surface area (Å²) >= 11 is 5.86. The van der Waals surface area contributed by atoms with Crippen molar-refractivity contribution in [2.45, 2.75) is 11.4 Å². The molecule has 1 aliphatic heterocycles. The van der Waals surface area contributed by atoms with Gasteiger partial charge in [-0.2, -0.15) is 0 Å². The van der Waals surface area contributed by atoms with Crippen LogP contribution in [-0.2, 0) is 9.84 Å². The fourth-order valence-corrected chi connectivity index (χ4v) is 4.36. The van der Waals surface area contributed by atoms with Crippen molar-refractivity contribution in [1.29, 1.82) is 0 Å². The van der Waals surface area contributed by atoms with E-state index in [1.165, 1.54) is 24.3 Å². The summed E-state index contributed by atoms with van der Waals surface area (Å²) in [7, 11) is -3.19. The fraction of sp³-hybridized carbons (Fsp3) is 0.364. The molecule has 1 fully saturated rings. The molecule has 2 atom stereocenters. The van der Waals surface area contributed by atoms with Crippen LogP contribution in [0.4, 0.5) is 14.9 Å². The molecule has 0 bridgehead atoms. The van der Waals surface area contributed by atoms with Crippen molar-refractivity contribution in [3.63, 3.8) is 0 Å². The summed E-state index contributed by atoms with van der Waals surface area (Å²) in [6.45, 7) is 0. The van der Waals surface area contributed by atoms with Crippen molar-refractivity contribution in [1.82, 2.24) is 5.32 Å². The molecule has 1 heterocycles. The van der Waals surface area contributed by atoms with E-state index >= 15 is 0 Å². The first-order valence-electron chi connectivity index (χ1n) is 5.53. The Bertz CT molecular complexity index is 576. The van der Waals surface area contributed by atoms with Gasteiger partial charge >= 0.3 is 6.03 Å². The van der Waals surface area contributed by atoms with Crippen molar-refractivity contribution in [2.75, 3.05) is 16.8 Å². The molecule has 1 saturated heterocycles. The zero-order valence-corrected chi connectivity index (χ0v) is 11.3. The first-order valence-corrected chi connectivity index (χ1v) is 7.79. The molecular weight excluding hydrogens is 295 g/mol. The van der Waals surface area contributed by atoms with Crippen LogP contribution in [0.2, 0.25) is 0 Å². The third-order valence-corrected chi connectivity index (χ3v) is 5.08. The second-order valence-electron chi connectivity index (χ2n) is 4.30. The Kier molecular flexibility index (Phi) is 3.96. The van der Waals surface area contributed by atoms with Crippen LogP contribution < -0.4 is 10.6 Å². The molecule has 1 aromatic carbocycles. The Labute approximate surface area is 115 Å². The smallest absolute Gasteiger partial charge is 0.319 e. The number of carbonyl (C=O) groups is 1. The number of urea groups is 1. The molecular formula is C11H12ClFN2O3S. The van der Waals surface area contributed by atoms with E-state index in [4.69, 9.17) is 11.6 Å². The van der Waals surface area contributed by atoms with Crippen molar-refractivity contribution in [3.05, 3.63) is 30.1 Å².